The number of rotatable bonds is 5. The first-order valence-corrected chi connectivity index (χ1v) is 14.4. The van der Waals surface area contributed by atoms with Gasteiger partial charge in [-0.1, -0.05) is 51.4 Å². The fourth-order valence-electron chi connectivity index (χ4n) is 2.16. The Bertz CT molecular complexity index is 443. The lowest BCUT2D eigenvalue weighted by Crippen LogP contribution is -2.24. The number of benzene rings is 1. The van der Waals surface area contributed by atoms with Crippen LogP contribution in [-0.4, -0.2) is 26.4 Å². The van der Waals surface area contributed by atoms with Crippen LogP contribution in [0.2, 0.25) is 45.3 Å². The fourth-order valence-corrected chi connectivity index (χ4v) is 4.61. The van der Waals surface area contributed by atoms with Gasteiger partial charge in [0.05, 0.1) is 0 Å². The molecule has 4 heteroatoms. The minimum atomic E-state index is -1.20. The van der Waals surface area contributed by atoms with E-state index < -0.39 is 16.1 Å². The summed E-state index contributed by atoms with van der Waals surface area (Å²) in [6.07, 6.45) is 0.870. The van der Waals surface area contributed by atoms with Gasteiger partial charge in [0.25, 0.3) is 0 Å². The van der Waals surface area contributed by atoms with Crippen molar-refractivity contribution in [3.05, 3.63) is 23.3 Å². The molecule has 1 aromatic rings. The summed E-state index contributed by atoms with van der Waals surface area (Å²) >= 11 is 0. The third kappa shape index (κ3) is 5.82. The van der Waals surface area contributed by atoms with Crippen LogP contribution in [0.3, 0.4) is 0 Å². The number of hydrogen-bond acceptors (Lipinski definition) is 2. The summed E-state index contributed by atoms with van der Waals surface area (Å²) in [7, 11) is -2.33. The average molecular weight is 297 g/mol. The Morgan fingerprint density at radius 2 is 1.47 bits per heavy atom. The van der Waals surface area contributed by atoms with Gasteiger partial charge in [0.1, 0.15) is 0 Å². The van der Waals surface area contributed by atoms with Crippen molar-refractivity contribution in [1.29, 1.82) is 0 Å². The molecule has 0 aliphatic heterocycles. The molecule has 19 heavy (non-hydrogen) atoms. The molecule has 0 saturated heterocycles. The van der Waals surface area contributed by atoms with Crippen LogP contribution in [0.1, 0.15) is 11.1 Å². The van der Waals surface area contributed by atoms with Crippen LogP contribution in [0, 0.1) is 0 Å². The number of phenols is 2. The highest BCUT2D eigenvalue weighted by Crippen LogP contribution is 2.33. The Hall–Kier alpha value is -0.746. The van der Waals surface area contributed by atoms with E-state index in [1.165, 1.54) is 5.56 Å². The van der Waals surface area contributed by atoms with Crippen LogP contribution in [0.25, 0.3) is 0 Å². The molecule has 0 spiro atoms. The van der Waals surface area contributed by atoms with Crippen molar-refractivity contribution in [2.75, 3.05) is 0 Å². The predicted molar refractivity (Wildman–Crippen MR) is 88.7 cm³/mol. The van der Waals surface area contributed by atoms with E-state index >= 15 is 0 Å². The van der Waals surface area contributed by atoms with Crippen molar-refractivity contribution in [3.8, 4) is 11.5 Å². The molecule has 2 nitrogen and oxygen atoms in total. The van der Waals surface area contributed by atoms with E-state index in [9.17, 15) is 10.2 Å². The van der Waals surface area contributed by atoms with Crippen LogP contribution in [0.5, 0.6) is 11.5 Å². The molecule has 0 aliphatic carbocycles. The SMILES string of the molecule is C[Si](C)(C)CCc1cc(C[Si](C)(C)C)cc(O)c1O. The largest absolute Gasteiger partial charge is 0.504 e. The second-order valence-corrected chi connectivity index (χ2v) is 19.0. The highest BCUT2D eigenvalue weighted by atomic mass is 28.3. The lowest BCUT2D eigenvalue weighted by molar-refractivity contribution is 0.399. The summed E-state index contributed by atoms with van der Waals surface area (Å²) in [6.45, 7) is 13.9. The molecule has 0 fully saturated rings. The Labute approximate surface area is 119 Å². The molecule has 0 aromatic heterocycles. The zero-order chi connectivity index (χ0) is 14.8. The second-order valence-electron chi connectivity index (χ2n) is 7.92. The number of phenolic OH excluding ortho intramolecular Hbond substituents is 2. The fraction of sp³-hybridized carbons (Fsp3) is 0.600. The van der Waals surface area contributed by atoms with Gasteiger partial charge in [0.15, 0.2) is 11.5 Å². The van der Waals surface area contributed by atoms with Crippen molar-refractivity contribution in [2.45, 2.75) is 57.8 Å². The Balaban J connectivity index is 2.97. The van der Waals surface area contributed by atoms with E-state index in [-0.39, 0.29) is 11.5 Å². The van der Waals surface area contributed by atoms with E-state index in [0.717, 1.165) is 24.1 Å². The molecule has 0 unspecified atom stereocenters. The van der Waals surface area contributed by atoms with E-state index in [2.05, 4.69) is 45.3 Å². The molecule has 0 radical (unpaired) electrons. The molecule has 0 bridgehead atoms. The molecule has 0 atom stereocenters. The molecule has 0 aliphatic rings. The molecule has 1 aromatic carbocycles. The first-order chi connectivity index (χ1) is 8.48. The van der Waals surface area contributed by atoms with Gasteiger partial charge in [0, 0.05) is 16.1 Å². The van der Waals surface area contributed by atoms with Crippen molar-refractivity contribution in [3.63, 3.8) is 0 Å². The molecular weight excluding hydrogens is 268 g/mol. The van der Waals surface area contributed by atoms with E-state index in [4.69, 9.17) is 0 Å². The van der Waals surface area contributed by atoms with Crippen LogP contribution in [0.15, 0.2) is 12.1 Å². The van der Waals surface area contributed by atoms with Gasteiger partial charge in [-0.05, 0) is 29.7 Å². The summed E-state index contributed by atoms with van der Waals surface area (Å²) in [5.41, 5.74) is 2.08. The monoisotopic (exact) mass is 296 g/mol. The number of aryl methyl sites for hydroxylation is 1. The second kappa shape index (κ2) is 5.71. The zero-order valence-corrected chi connectivity index (χ0v) is 15.2. The molecule has 0 saturated carbocycles. The van der Waals surface area contributed by atoms with E-state index in [1.807, 2.05) is 0 Å². The third-order valence-corrected chi connectivity index (χ3v) is 6.33. The highest BCUT2D eigenvalue weighted by Gasteiger charge is 2.19. The predicted octanol–water partition coefficient (Wildman–Crippen LogP) is 4.40. The first-order valence-electron chi connectivity index (χ1n) is 7.02. The summed E-state index contributed by atoms with van der Waals surface area (Å²) in [4.78, 5) is 0. The summed E-state index contributed by atoms with van der Waals surface area (Å²) in [6, 6.07) is 6.00. The van der Waals surface area contributed by atoms with Crippen molar-refractivity contribution >= 4 is 16.1 Å². The Morgan fingerprint density at radius 1 is 0.895 bits per heavy atom. The van der Waals surface area contributed by atoms with Gasteiger partial charge in [-0.25, -0.2) is 0 Å². The lowest BCUT2D eigenvalue weighted by Gasteiger charge is -2.19. The summed E-state index contributed by atoms with van der Waals surface area (Å²) in [5, 5.41) is 19.9. The normalized spacial score (nSPS) is 12.7. The maximum Gasteiger partial charge on any atom is 0.160 e. The van der Waals surface area contributed by atoms with Gasteiger partial charge in [0.2, 0.25) is 0 Å². The standard InChI is InChI=1S/C15H28O2Si2/c1-18(2,3)8-7-13-9-12(11-19(4,5)6)10-14(16)15(13)17/h9-10,16-17H,7-8,11H2,1-6H3. The number of hydrogen-bond donors (Lipinski definition) is 2. The zero-order valence-electron chi connectivity index (χ0n) is 13.2. The summed E-state index contributed by atoms with van der Waals surface area (Å²) < 4.78 is 0. The molecular formula is C15H28O2Si2. The van der Waals surface area contributed by atoms with Crippen LogP contribution in [0.4, 0.5) is 0 Å². The molecule has 0 heterocycles. The molecule has 1 rings (SSSR count). The topological polar surface area (TPSA) is 40.5 Å². The smallest absolute Gasteiger partial charge is 0.160 e. The quantitative estimate of drug-likeness (QED) is 0.624. The van der Waals surface area contributed by atoms with Crippen molar-refractivity contribution in [2.24, 2.45) is 0 Å². The maximum absolute atomic E-state index is 9.99. The highest BCUT2D eigenvalue weighted by molar-refractivity contribution is 6.76. The van der Waals surface area contributed by atoms with Gasteiger partial charge in [-0.15, -0.1) is 0 Å². The molecule has 108 valence electrons. The molecule has 0 amide bonds. The Kier molecular flexibility index (Phi) is 4.90. The maximum atomic E-state index is 9.99. The van der Waals surface area contributed by atoms with Crippen LogP contribution >= 0.6 is 0 Å². The van der Waals surface area contributed by atoms with Gasteiger partial charge in [-0.3, -0.25) is 0 Å². The number of aromatic hydroxyl groups is 2. The van der Waals surface area contributed by atoms with Gasteiger partial charge in [-0.2, -0.15) is 0 Å². The average Bonchev–Trinajstić information content (AvgIpc) is 2.17. The summed E-state index contributed by atoms with van der Waals surface area (Å²) in [5.74, 6) is 0.124. The minimum absolute atomic E-state index is 0.0429. The lowest BCUT2D eigenvalue weighted by atomic mass is 10.1. The minimum Gasteiger partial charge on any atom is -0.504 e. The van der Waals surface area contributed by atoms with E-state index in [0.29, 0.717) is 0 Å². The van der Waals surface area contributed by atoms with Crippen LogP contribution < -0.4 is 0 Å². The van der Waals surface area contributed by atoms with Gasteiger partial charge < -0.3 is 10.2 Å². The van der Waals surface area contributed by atoms with Crippen molar-refractivity contribution in [1.82, 2.24) is 0 Å². The molecule has 2 N–H and O–H groups in total. The van der Waals surface area contributed by atoms with Crippen LogP contribution in [-0.2, 0) is 12.5 Å². The van der Waals surface area contributed by atoms with Gasteiger partial charge >= 0.3 is 0 Å². The first kappa shape index (κ1) is 16.3. The van der Waals surface area contributed by atoms with E-state index in [1.54, 1.807) is 6.07 Å². The Morgan fingerprint density at radius 3 is 1.95 bits per heavy atom. The van der Waals surface area contributed by atoms with Crippen molar-refractivity contribution < 1.29 is 10.2 Å². The third-order valence-electron chi connectivity index (χ3n) is 3.11.